The Labute approximate surface area is 160 Å². The summed E-state index contributed by atoms with van der Waals surface area (Å²) in [7, 11) is 1.40. The quantitative estimate of drug-likeness (QED) is 0.200. The molecule has 1 rings (SSSR count). The zero-order valence-corrected chi connectivity index (χ0v) is 17.3. The summed E-state index contributed by atoms with van der Waals surface area (Å²) in [6, 6.07) is 5.55. The normalized spacial score (nSPS) is 10.6. The molecule has 0 fully saturated rings. The van der Waals surface area contributed by atoms with Crippen LogP contribution >= 0.6 is 22.6 Å². The third kappa shape index (κ3) is 8.90. The first-order valence-corrected chi connectivity index (χ1v) is 10.3. The molecule has 1 aromatic rings. The molecule has 24 heavy (non-hydrogen) atoms. The molecule has 3 nitrogen and oxygen atoms in total. The topological polar surface area (TPSA) is 35.5 Å². The molecule has 0 aliphatic heterocycles. The molecule has 0 radical (unpaired) electrons. The van der Waals surface area contributed by atoms with Crippen LogP contribution < -0.4 is 4.74 Å². The van der Waals surface area contributed by atoms with Gasteiger partial charge >= 0.3 is 5.97 Å². The van der Waals surface area contributed by atoms with E-state index < -0.39 is 0 Å². The van der Waals surface area contributed by atoms with Gasteiger partial charge in [0, 0.05) is 3.57 Å². The van der Waals surface area contributed by atoms with Gasteiger partial charge in [0.15, 0.2) is 0 Å². The largest absolute Gasteiger partial charge is 0.493 e. The number of methoxy groups -OCH3 is 1. The number of esters is 1. The summed E-state index contributed by atoms with van der Waals surface area (Å²) in [6.07, 6.45) is 13.0. The first-order chi connectivity index (χ1) is 11.7. The van der Waals surface area contributed by atoms with Crippen LogP contribution in [0.15, 0.2) is 18.2 Å². The maximum atomic E-state index is 11.7. The molecule has 0 atom stereocenters. The van der Waals surface area contributed by atoms with Gasteiger partial charge in [0.25, 0.3) is 0 Å². The van der Waals surface area contributed by atoms with Gasteiger partial charge in [0.2, 0.25) is 0 Å². The van der Waals surface area contributed by atoms with Crippen molar-refractivity contribution in [2.24, 2.45) is 0 Å². The average molecular weight is 446 g/mol. The van der Waals surface area contributed by atoms with Gasteiger partial charge in [-0.25, -0.2) is 4.79 Å². The van der Waals surface area contributed by atoms with E-state index in [9.17, 15) is 4.79 Å². The second-order valence-electron chi connectivity index (χ2n) is 6.16. The first-order valence-electron chi connectivity index (χ1n) is 9.19. The van der Waals surface area contributed by atoms with Gasteiger partial charge < -0.3 is 9.47 Å². The molecular weight excluding hydrogens is 415 g/mol. The highest BCUT2D eigenvalue weighted by molar-refractivity contribution is 14.1. The SMILES string of the molecule is CCCCCCCCCCCCOc1cc(I)ccc1C(=O)OC. The lowest BCUT2D eigenvalue weighted by molar-refractivity contribution is 0.0596. The van der Waals surface area contributed by atoms with Crippen LogP contribution in [0.4, 0.5) is 0 Å². The maximum Gasteiger partial charge on any atom is 0.341 e. The summed E-state index contributed by atoms with van der Waals surface area (Å²) in [5.41, 5.74) is 0.505. The smallest absolute Gasteiger partial charge is 0.341 e. The van der Waals surface area contributed by atoms with Crippen LogP contribution in [0.1, 0.15) is 81.5 Å². The minimum Gasteiger partial charge on any atom is -0.493 e. The lowest BCUT2D eigenvalue weighted by atomic mass is 10.1. The van der Waals surface area contributed by atoms with Crippen molar-refractivity contribution < 1.29 is 14.3 Å². The standard InChI is InChI=1S/C20H31IO3/c1-3-4-5-6-7-8-9-10-11-12-15-24-19-16-17(21)13-14-18(19)20(22)23-2/h13-14,16H,3-12,15H2,1-2H3. The fourth-order valence-electron chi connectivity index (χ4n) is 2.67. The number of carbonyl (C=O) groups is 1. The Bertz CT molecular complexity index is 474. The Morgan fingerprint density at radius 2 is 1.54 bits per heavy atom. The number of rotatable bonds is 13. The molecule has 0 amide bonds. The molecule has 0 unspecified atom stereocenters. The predicted molar refractivity (Wildman–Crippen MR) is 108 cm³/mol. The Kier molecular flexibility index (Phi) is 12.0. The molecule has 1 aromatic carbocycles. The molecule has 0 N–H and O–H groups in total. The molecule has 0 aliphatic rings. The van der Waals surface area contributed by atoms with Gasteiger partial charge in [-0.15, -0.1) is 0 Å². The van der Waals surface area contributed by atoms with Crippen LogP contribution in [0.5, 0.6) is 5.75 Å². The third-order valence-electron chi connectivity index (χ3n) is 4.10. The van der Waals surface area contributed by atoms with E-state index in [0.717, 1.165) is 9.99 Å². The number of ether oxygens (including phenoxy) is 2. The van der Waals surface area contributed by atoms with Crippen molar-refractivity contribution in [1.82, 2.24) is 0 Å². The Balaban J connectivity index is 2.15. The van der Waals surface area contributed by atoms with Gasteiger partial charge in [-0.3, -0.25) is 0 Å². The van der Waals surface area contributed by atoms with Gasteiger partial charge in [-0.05, 0) is 47.2 Å². The summed E-state index contributed by atoms with van der Waals surface area (Å²) in [5.74, 6) is 0.286. The van der Waals surface area contributed by atoms with E-state index >= 15 is 0 Å². The van der Waals surface area contributed by atoms with Crippen LogP contribution in [0, 0.1) is 3.57 Å². The van der Waals surface area contributed by atoms with Crippen molar-refractivity contribution in [3.05, 3.63) is 27.3 Å². The first kappa shape index (κ1) is 21.3. The number of carbonyl (C=O) groups excluding carboxylic acids is 1. The highest BCUT2D eigenvalue weighted by Crippen LogP contribution is 2.23. The molecule has 0 bridgehead atoms. The van der Waals surface area contributed by atoms with Crippen molar-refractivity contribution in [3.63, 3.8) is 0 Å². The van der Waals surface area contributed by atoms with E-state index in [1.807, 2.05) is 12.1 Å². The van der Waals surface area contributed by atoms with Gasteiger partial charge in [0.1, 0.15) is 11.3 Å². The monoisotopic (exact) mass is 446 g/mol. The number of hydrogen-bond acceptors (Lipinski definition) is 3. The molecule has 0 saturated carbocycles. The molecule has 136 valence electrons. The number of benzene rings is 1. The zero-order valence-electron chi connectivity index (χ0n) is 15.1. The molecule has 0 spiro atoms. The zero-order chi connectivity index (χ0) is 17.6. The summed E-state index contributed by atoms with van der Waals surface area (Å²) >= 11 is 2.22. The second kappa shape index (κ2) is 13.5. The lowest BCUT2D eigenvalue weighted by Gasteiger charge is -2.10. The van der Waals surface area contributed by atoms with Crippen molar-refractivity contribution in [3.8, 4) is 5.75 Å². The van der Waals surface area contributed by atoms with Gasteiger partial charge in [-0.2, -0.15) is 0 Å². The third-order valence-corrected chi connectivity index (χ3v) is 4.78. The van der Waals surface area contributed by atoms with Crippen LogP contribution in [-0.2, 0) is 4.74 Å². The predicted octanol–water partition coefficient (Wildman–Crippen LogP) is 6.38. The molecule has 0 aromatic heterocycles. The van der Waals surface area contributed by atoms with E-state index in [4.69, 9.17) is 9.47 Å². The van der Waals surface area contributed by atoms with Gasteiger partial charge in [0.05, 0.1) is 13.7 Å². The van der Waals surface area contributed by atoms with Crippen molar-refractivity contribution in [2.75, 3.05) is 13.7 Å². The van der Waals surface area contributed by atoms with Crippen LogP contribution in [0.2, 0.25) is 0 Å². The summed E-state index contributed by atoms with van der Waals surface area (Å²) in [5, 5.41) is 0. The van der Waals surface area contributed by atoms with Crippen molar-refractivity contribution in [2.45, 2.75) is 71.1 Å². The maximum absolute atomic E-state index is 11.7. The molecule has 0 saturated heterocycles. The fourth-order valence-corrected chi connectivity index (χ4v) is 3.13. The second-order valence-corrected chi connectivity index (χ2v) is 7.41. The number of hydrogen-bond donors (Lipinski definition) is 0. The minimum absolute atomic E-state index is 0.343. The summed E-state index contributed by atoms with van der Waals surface area (Å²) in [6.45, 7) is 2.91. The molecule has 0 heterocycles. The van der Waals surface area contributed by atoms with Crippen LogP contribution in [0.25, 0.3) is 0 Å². The van der Waals surface area contributed by atoms with Crippen LogP contribution in [-0.4, -0.2) is 19.7 Å². The van der Waals surface area contributed by atoms with E-state index in [0.29, 0.717) is 17.9 Å². The van der Waals surface area contributed by atoms with Gasteiger partial charge in [-0.1, -0.05) is 64.7 Å². The summed E-state index contributed by atoms with van der Waals surface area (Å²) < 4.78 is 11.7. The number of unbranched alkanes of at least 4 members (excludes halogenated alkanes) is 9. The van der Waals surface area contributed by atoms with E-state index in [1.54, 1.807) is 6.07 Å². The summed E-state index contributed by atoms with van der Waals surface area (Å²) in [4.78, 5) is 11.7. The lowest BCUT2D eigenvalue weighted by Crippen LogP contribution is -2.07. The molecular formula is C20H31IO3. The fraction of sp³-hybridized carbons (Fsp3) is 0.650. The highest BCUT2D eigenvalue weighted by Gasteiger charge is 2.13. The van der Waals surface area contributed by atoms with E-state index in [-0.39, 0.29) is 5.97 Å². The minimum atomic E-state index is -0.343. The van der Waals surface area contributed by atoms with E-state index in [1.165, 1.54) is 64.9 Å². The highest BCUT2D eigenvalue weighted by atomic mass is 127. The average Bonchev–Trinajstić information content (AvgIpc) is 2.59. The van der Waals surface area contributed by atoms with E-state index in [2.05, 4.69) is 29.5 Å². The van der Waals surface area contributed by atoms with Crippen molar-refractivity contribution >= 4 is 28.6 Å². The molecule has 4 heteroatoms. The van der Waals surface area contributed by atoms with Crippen LogP contribution in [0.3, 0.4) is 0 Å². The molecule has 0 aliphatic carbocycles. The van der Waals surface area contributed by atoms with Crippen molar-refractivity contribution in [1.29, 1.82) is 0 Å². The Morgan fingerprint density at radius 1 is 0.958 bits per heavy atom. The number of halogens is 1. The Hall–Kier alpha value is -0.780. The Morgan fingerprint density at radius 3 is 2.12 bits per heavy atom.